The summed E-state index contributed by atoms with van der Waals surface area (Å²) in [5.74, 6) is -1.35. The largest absolute Gasteiger partial charge is 0.496 e. The van der Waals surface area contributed by atoms with Crippen LogP contribution in [0.15, 0.2) is 36.5 Å². The molecule has 57 heavy (non-hydrogen) atoms. The Bertz CT molecular complexity index is 2200. The zero-order valence-electron chi connectivity index (χ0n) is 32.8. The Kier molecular flexibility index (Phi) is 11.5. The summed E-state index contributed by atoms with van der Waals surface area (Å²) in [7, 11) is -2.32. The molecule has 3 aromatic rings. The number of aromatic nitrogens is 2. The monoisotopic (exact) mass is 822 g/mol. The third-order valence-corrected chi connectivity index (χ3v) is 13.7. The van der Waals surface area contributed by atoms with Crippen LogP contribution in [0.2, 0.25) is 0 Å². The molecule has 4 aliphatic rings. The number of thiazole rings is 1. The lowest BCUT2D eigenvalue weighted by Gasteiger charge is -2.29. The number of carbonyl (C=O) groups is 4. The van der Waals surface area contributed by atoms with Gasteiger partial charge in [0.1, 0.15) is 40.1 Å². The van der Waals surface area contributed by atoms with Crippen molar-refractivity contribution in [2.45, 2.75) is 121 Å². The maximum absolute atomic E-state index is 14.7. The zero-order chi connectivity index (χ0) is 40.6. The number of aryl methyl sites for hydroxylation is 2. The number of nitrogens with one attached hydrogen (secondary N) is 3. The summed E-state index contributed by atoms with van der Waals surface area (Å²) in [6.07, 6.45) is 8.83. The van der Waals surface area contributed by atoms with E-state index in [-0.39, 0.29) is 25.5 Å². The van der Waals surface area contributed by atoms with Crippen LogP contribution in [-0.4, -0.2) is 95.6 Å². The lowest BCUT2D eigenvalue weighted by molar-refractivity contribution is -0.141. The van der Waals surface area contributed by atoms with Crippen molar-refractivity contribution in [2.75, 3.05) is 13.7 Å². The van der Waals surface area contributed by atoms with Gasteiger partial charge in [0.25, 0.3) is 11.8 Å². The Morgan fingerprint density at radius 2 is 1.88 bits per heavy atom. The van der Waals surface area contributed by atoms with Crippen molar-refractivity contribution in [3.63, 3.8) is 0 Å². The first-order chi connectivity index (χ1) is 27.2. The van der Waals surface area contributed by atoms with E-state index in [0.29, 0.717) is 70.3 Å². The average molecular weight is 823 g/mol. The number of ether oxygens (including phenoxy) is 3. The fourth-order valence-corrected chi connectivity index (χ4v) is 9.74. The normalized spacial score (nSPS) is 26.0. The molecule has 2 saturated carbocycles. The molecule has 17 heteroatoms. The number of allylic oxidation sites excluding steroid dienone is 1. The number of sulfonamides is 1. The standard InChI is InChI=1S/C40H50N6O9S2/c1-22(2)54-34-18-32(28-15-16-31(53-5)23(3)35(28)43-34)55-26-17-30-36(47)44-40(39(50)45-57(51,52)27-13-14-27)19-25(40)11-9-7-6-8-10-12-29(38(49)46(30)21-26)42-37(48)33-20-41-24(4)56-33/h9,11,15-16,18,20,22,25-27,29-30H,6-8,10,12-14,17,19,21H2,1-5H3,(H,42,48)(H,44,47)(H,45,50)/b11-9-/t25-,26-,29+,30+,40-/m1/s1. The third kappa shape index (κ3) is 8.73. The number of benzene rings is 1. The minimum atomic E-state index is -3.90. The highest BCUT2D eigenvalue weighted by atomic mass is 32.2. The van der Waals surface area contributed by atoms with Gasteiger partial charge in [0.2, 0.25) is 27.7 Å². The fraction of sp³-hybridized carbons (Fsp3) is 0.550. The van der Waals surface area contributed by atoms with Crippen LogP contribution in [0.5, 0.6) is 17.4 Å². The van der Waals surface area contributed by atoms with E-state index >= 15 is 0 Å². The Hall–Kier alpha value is -4.77. The fourth-order valence-electron chi connectivity index (χ4n) is 7.70. The number of carbonyl (C=O) groups excluding carboxylic acids is 4. The first kappa shape index (κ1) is 40.4. The van der Waals surface area contributed by atoms with E-state index in [1.807, 2.05) is 45.1 Å². The highest BCUT2D eigenvalue weighted by molar-refractivity contribution is 7.91. The quantitative estimate of drug-likeness (QED) is 0.248. The van der Waals surface area contributed by atoms with Crippen molar-refractivity contribution >= 4 is 55.9 Å². The SMILES string of the molecule is COc1ccc2c(O[C@@H]3C[C@H]4C(=O)N[C@]5(C(=O)NS(=O)(=O)C6CC6)C[C@H]5/C=C\CCCCC[C@H](NC(=O)c5cnc(C)s5)C(=O)N4C3)cc(OC(C)C)nc2c1C. The van der Waals surface area contributed by atoms with E-state index in [0.717, 1.165) is 18.4 Å². The summed E-state index contributed by atoms with van der Waals surface area (Å²) in [5.41, 5.74) is -0.132. The molecule has 4 heterocycles. The number of nitrogens with zero attached hydrogens (tertiary/aromatic N) is 3. The molecule has 0 unspecified atom stereocenters. The van der Waals surface area contributed by atoms with Crippen LogP contribution in [0, 0.1) is 19.8 Å². The van der Waals surface area contributed by atoms with Crippen LogP contribution in [0.4, 0.5) is 0 Å². The molecule has 4 amide bonds. The summed E-state index contributed by atoms with van der Waals surface area (Å²) < 4.78 is 46.3. The number of fused-ring (bicyclic) bond motifs is 3. The first-order valence-electron chi connectivity index (χ1n) is 19.6. The van der Waals surface area contributed by atoms with Gasteiger partial charge in [-0.1, -0.05) is 25.0 Å². The smallest absolute Gasteiger partial charge is 0.263 e. The van der Waals surface area contributed by atoms with Gasteiger partial charge in [-0.3, -0.25) is 23.9 Å². The van der Waals surface area contributed by atoms with Gasteiger partial charge in [-0.05, 0) is 78.4 Å². The van der Waals surface area contributed by atoms with Gasteiger partial charge in [0, 0.05) is 29.4 Å². The van der Waals surface area contributed by atoms with Crippen LogP contribution >= 0.6 is 11.3 Å². The second-order valence-corrected chi connectivity index (χ2v) is 18.9. The average Bonchev–Trinajstić information content (AvgIpc) is 4.05. The van der Waals surface area contributed by atoms with E-state index < -0.39 is 68.5 Å². The van der Waals surface area contributed by atoms with Gasteiger partial charge >= 0.3 is 0 Å². The molecule has 0 bridgehead atoms. The molecule has 2 aliphatic heterocycles. The number of hydrogen-bond donors (Lipinski definition) is 3. The minimum Gasteiger partial charge on any atom is -0.496 e. The topological polar surface area (TPSA) is 195 Å². The third-order valence-electron chi connectivity index (χ3n) is 11.0. The highest BCUT2D eigenvalue weighted by Gasteiger charge is 2.62. The molecule has 3 N–H and O–H groups in total. The predicted molar refractivity (Wildman–Crippen MR) is 213 cm³/mol. The van der Waals surface area contributed by atoms with Crippen molar-refractivity contribution in [3.8, 4) is 17.4 Å². The predicted octanol–water partition coefficient (Wildman–Crippen LogP) is 4.25. The number of amides is 4. The van der Waals surface area contributed by atoms with Crippen molar-refractivity contribution in [1.29, 1.82) is 0 Å². The number of hydrogen-bond acceptors (Lipinski definition) is 12. The molecule has 7 rings (SSSR count). The summed E-state index contributed by atoms with van der Waals surface area (Å²) in [5, 5.41) is 6.58. The summed E-state index contributed by atoms with van der Waals surface area (Å²) in [6.45, 7) is 7.44. The number of rotatable bonds is 10. The zero-order valence-corrected chi connectivity index (χ0v) is 34.5. The van der Waals surface area contributed by atoms with Gasteiger partial charge in [0.05, 0.1) is 41.7 Å². The lowest BCUT2D eigenvalue weighted by Crippen LogP contribution is -2.58. The van der Waals surface area contributed by atoms with Gasteiger partial charge in [-0.15, -0.1) is 11.3 Å². The Labute approximate surface area is 336 Å². The van der Waals surface area contributed by atoms with Crippen molar-refractivity contribution < 1.29 is 41.8 Å². The number of pyridine rings is 1. The summed E-state index contributed by atoms with van der Waals surface area (Å²) in [6, 6.07) is 3.26. The molecule has 2 aliphatic carbocycles. The van der Waals surface area contributed by atoms with E-state index in [2.05, 4.69) is 20.3 Å². The Morgan fingerprint density at radius 1 is 1.09 bits per heavy atom. The number of methoxy groups -OCH3 is 1. The highest BCUT2D eigenvalue weighted by Crippen LogP contribution is 2.46. The molecule has 5 atom stereocenters. The molecule has 1 aromatic carbocycles. The van der Waals surface area contributed by atoms with Crippen LogP contribution in [0.3, 0.4) is 0 Å². The molecule has 0 radical (unpaired) electrons. The molecule has 306 valence electrons. The maximum Gasteiger partial charge on any atom is 0.263 e. The molecular weight excluding hydrogens is 773 g/mol. The van der Waals surface area contributed by atoms with Crippen LogP contribution in [0.1, 0.15) is 91.9 Å². The Balaban J connectivity index is 1.23. The van der Waals surface area contributed by atoms with E-state index in [9.17, 15) is 27.6 Å². The van der Waals surface area contributed by atoms with Crippen molar-refractivity contribution in [1.82, 2.24) is 30.2 Å². The second kappa shape index (κ2) is 16.2. The molecule has 2 aromatic heterocycles. The minimum absolute atomic E-state index is 0.0130. The van der Waals surface area contributed by atoms with E-state index in [1.165, 1.54) is 22.4 Å². The second-order valence-electron chi connectivity index (χ2n) is 15.7. The summed E-state index contributed by atoms with van der Waals surface area (Å²) in [4.78, 5) is 67.2. The lowest BCUT2D eigenvalue weighted by atomic mass is 10.0. The van der Waals surface area contributed by atoms with Gasteiger partial charge in [-0.25, -0.2) is 18.4 Å². The first-order valence-corrected chi connectivity index (χ1v) is 22.0. The molecule has 3 fully saturated rings. The van der Waals surface area contributed by atoms with Gasteiger partial charge in [-0.2, -0.15) is 0 Å². The summed E-state index contributed by atoms with van der Waals surface area (Å²) >= 11 is 1.22. The van der Waals surface area contributed by atoms with E-state index in [1.54, 1.807) is 20.1 Å². The Morgan fingerprint density at radius 3 is 2.58 bits per heavy atom. The molecule has 1 saturated heterocycles. The van der Waals surface area contributed by atoms with Crippen LogP contribution in [0.25, 0.3) is 10.9 Å². The van der Waals surface area contributed by atoms with Crippen LogP contribution in [-0.2, 0) is 24.4 Å². The molecule has 15 nitrogen and oxygen atoms in total. The molecule has 0 spiro atoms. The van der Waals surface area contributed by atoms with Crippen molar-refractivity contribution in [3.05, 3.63) is 52.0 Å². The van der Waals surface area contributed by atoms with Gasteiger partial charge in [0.15, 0.2) is 0 Å². The maximum atomic E-state index is 14.7. The van der Waals surface area contributed by atoms with Crippen molar-refractivity contribution in [2.24, 2.45) is 5.92 Å². The van der Waals surface area contributed by atoms with Gasteiger partial charge < -0.3 is 29.7 Å². The van der Waals surface area contributed by atoms with E-state index in [4.69, 9.17) is 19.2 Å². The van der Waals surface area contributed by atoms with Crippen LogP contribution < -0.4 is 29.6 Å². The molecular formula is C40H50N6O9S2.